The van der Waals surface area contributed by atoms with E-state index in [1.165, 1.54) is 18.4 Å². The third kappa shape index (κ3) is 3.59. The maximum atomic E-state index is 12.5. The molecule has 1 aliphatic carbocycles. The van der Waals surface area contributed by atoms with Gasteiger partial charge < -0.3 is 9.30 Å². The van der Waals surface area contributed by atoms with Gasteiger partial charge in [-0.2, -0.15) is 0 Å². The van der Waals surface area contributed by atoms with Gasteiger partial charge in [-0.15, -0.1) is 6.42 Å². The van der Waals surface area contributed by atoms with Crippen LogP contribution in [0.2, 0.25) is 0 Å². The number of imidazole rings is 1. The van der Waals surface area contributed by atoms with Crippen molar-refractivity contribution >= 4 is 28.2 Å². The van der Waals surface area contributed by atoms with E-state index in [0.29, 0.717) is 18.0 Å². The van der Waals surface area contributed by atoms with Crippen LogP contribution in [0, 0.1) is 12.3 Å². The number of hydrogen-bond acceptors (Lipinski definition) is 3. The summed E-state index contributed by atoms with van der Waals surface area (Å²) >= 11 is 0. The summed E-state index contributed by atoms with van der Waals surface area (Å²) in [5.74, 6) is 3.37. The summed E-state index contributed by atoms with van der Waals surface area (Å²) in [5, 5.41) is 0. The summed E-state index contributed by atoms with van der Waals surface area (Å²) in [7, 11) is -1.31. The van der Waals surface area contributed by atoms with Gasteiger partial charge in [0, 0.05) is 25.4 Å². The first-order chi connectivity index (χ1) is 13.3. The Morgan fingerprint density at radius 2 is 2.11 bits per heavy atom. The van der Waals surface area contributed by atoms with Crippen LogP contribution in [0.1, 0.15) is 69.7 Å². The molecule has 7 heteroatoms. The highest BCUT2D eigenvalue weighted by molar-refractivity contribution is 7.84. The Morgan fingerprint density at radius 3 is 2.68 bits per heavy atom. The second kappa shape index (κ2) is 7.02. The molecule has 1 aliphatic heterocycles. The van der Waals surface area contributed by atoms with Crippen LogP contribution < -0.4 is 9.62 Å². The number of rotatable bonds is 5. The zero-order chi connectivity index (χ0) is 20.1. The van der Waals surface area contributed by atoms with Crippen LogP contribution in [0.4, 0.5) is 5.69 Å². The van der Waals surface area contributed by atoms with E-state index in [4.69, 9.17) is 11.4 Å². The highest BCUT2D eigenvalue weighted by Gasteiger charge is 2.30. The summed E-state index contributed by atoms with van der Waals surface area (Å²) in [5.41, 5.74) is 3.44. The Morgan fingerprint density at radius 1 is 1.36 bits per heavy atom. The monoisotopic (exact) mass is 398 g/mol. The van der Waals surface area contributed by atoms with Crippen LogP contribution in [0.15, 0.2) is 18.5 Å². The highest BCUT2D eigenvalue weighted by Crippen LogP contribution is 2.42. The average Bonchev–Trinajstić information content (AvgIpc) is 3.27. The lowest BCUT2D eigenvalue weighted by Gasteiger charge is -2.20. The molecule has 2 aromatic rings. The van der Waals surface area contributed by atoms with Crippen LogP contribution in [0.3, 0.4) is 0 Å². The van der Waals surface area contributed by atoms with E-state index in [2.05, 4.69) is 22.9 Å². The molecule has 3 heterocycles. The molecule has 6 nitrogen and oxygen atoms in total. The third-order valence-corrected chi connectivity index (χ3v) is 6.79. The fourth-order valence-corrected chi connectivity index (χ4v) is 4.22. The maximum Gasteiger partial charge on any atom is 0.227 e. The standard InChI is InChI=1S/C21H26N4O2S/c1-5-16(23-28(27)21(2,3)4)17-13-24-12-15(14-8-9-14)11-18(20(24)22-17)25-10-6-7-19(25)26/h1,11-14,16,23H,6-10H2,2-4H3/t16-,28?/m1/s1. The Labute approximate surface area is 168 Å². The number of nitrogens with one attached hydrogen (secondary N) is 1. The van der Waals surface area contributed by atoms with E-state index in [9.17, 15) is 9.00 Å². The maximum absolute atomic E-state index is 12.5. The van der Waals surface area contributed by atoms with Gasteiger partial charge in [-0.1, -0.05) is 5.92 Å². The van der Waals surface area contributed by atoms with Crippen molar-refractivity contribution in [3.05, 3.63) is 29.7 Å². The first kappa shape index (κ1) is 19.2. The fraction of sp³-hybridized carbons (Fsp3) is 0.524. The molecular weight excluding hydrogens is 372 g/mol. The van der Waals surface area contributed by atoms with Crippen LogP contribution in [0.25, 0.3) is 5.65 Å². The average molecular weight is 399 g/mol. The SMILES string of the molecule is C#C[C@@H](NS(=O)C(C)(C)C)c1cn2cc(C3CC3)cc(N3CCCC3=O)c2n1. The molecule has 1 N–H and O–H groups in total. The van der Waals surface area contributed by atoms with Crippen LogP contribution in [0.5, 0.6) is 0 Å². The van der Waals surface area contributed by atoms with Gasteiger partial charge in [0.25, 0.3) is 0 Å². The van der Waals surface area contributed by atoms with Gasteiger partial charge in [0.1, 0.15) is 6.04 Å². The van der Waals surface area contributed by atoms with Crippen molar-refractivity contribution in [3.63, 3.8) is 0 Å². The Hall–Kier alpha value is -2.17. The zero-order valence-corrected chi connectivity index (χ0v) is 17.4. The van der Waals surface area contributed by atoms with Crippen molar-refractivity contribution in [3.8, 4) is 12.3 Å². The lowest BCUT2D eigenvalue weighted by molar-refractivity contribution is -0.117. The Bertz CT molecular complexity index is 994. The van der Waals surface area contributed by atoms with Crippen LogP contribution >= 0.6 is 0 Å². The molecule has 0 spiro atoms. The number of anilines is 1. The second-order valence-electron chi connectivity index (χ2n) is 8.58. The van der Waals surface area contributed by atoms with E-state index in [-0.39, 0.29) is 5.91 Å². The van der Waals surface area contributed by atoms with Crippen molar-refractivity contribution < 1.29 is 9.00 Å². The predicted octanol–water partition coefficient (Wildman–Crippen LogP) is 3.06. The topological polar surface area (TPSA) is 66.7 Å². The van der Waals surface area contributed by atoms with Crippen molar-refractivity contribution in [1.29, 1.82) is 0 Å². The van der Waals surface area contributed by atoms with Crippen molar-refractivity contribution in [2.75, 3.05) is 11.4 Å². The summed E-state index contributed by atoms with van der Waals surface area (Å²) < 4.78 is 17.1. The number of pyridine rings is 1. The van der Waals surface area contributed by atoms with Gasteiger partial charge in [-0.3, -0.25) is 4.79 Å². The summed E-state index contributed by atoms with van der Waals surface area (Å²) in [4.78, 5) is 19.0. The second-order valence-corrected chi connectivity index (χ2v) is 10.6. The smallest absolute Gasteiger partial charge is 0.227 e. The minimum absolute atomic E-state index is 0.139. The van der Waals surface area contributed by atoms with E-state index >= 15 is 0 Å². The molecule has 2 fully saturated rings. The summed E-state index contributed by atoms with van der Waals surface area (Å²) in [6.07, 6.45) is 13.5. The number of amides is 1. The van der Waals surface area contributed by atoms with Crippen LogP contribution in [-0.2, 0) is 15.8 Å². The molecule has 0 radical (unpaired) electrons. The number of hydrogen-bond donors (Lipinski definition) is 1. The van der Waals surface area contributed by atoms with Crippen molar-refractivity contribution in [2.24, 2.45) is 0 Å². The fourth-order valence-electron chi connectivity index (χ4n) is 3.46. The Kier molecular flexibility index (Phi) is 4.80. The molecule has 0 bridgehead atoms. The molecule has 1 saturated heterocycles. The molecule has 2 aromatic heterocycles. The number of fused-ring (bicyclic) bond motifs is 1. The number of nitrogens with zero attached hydrogens (tertiary/aromatic N) is 3. The molecule has 2 atom stereocenters. The molecule has 4 rings (SSSR count). The van der Waals surface area contributed by atoms with E-state index < -0.39 is 21.8 Å². The third-order valence-electron chi connectivity index (χ3n) is 5.23. The minimum atomic E-state index is -1.31. The summed E-state index contributed by atoms with van der Waals surface area (Å²) in [6, 6.07) is 1.55. The van der Waals surface area contributed by atoms with Gasteiger partial charge in [0.2, 0.25) is 5.91 Å². The molecule has 2 aliphatic rings. The zero-order valence-electron chi connectivity index (χ0n) is 16.6. The van der Waals surface area contributed by atoms with Crippen LogP contribution in [-0.4, -0.2) is 30.8 Å². The van der Waals surface area contributed by atoms with E-state index in [1.807, 2.05) is 36.3 Å². The normalized spacial score (nSPS) is 19.8. The first-order valence-corrected chi connectivity index (χ1v) is 10.9. The lowest BCUT2D eigenvalue weighted by Crippen LogP contribution is -2.35. The van der Waals surface area contributed by atoms with Gasteiger partial charge in [0.05, 0.1) is 27.1 Å². The largest absolute Gasteiger partial charge is 0.309 e. The molecule has 1 saturated carbocycles. The molecule has 1 unspecified atom stereocenters. The Balaban J connectivity index is 1.76. The number of carbonyl (C=O) groups excluding carboxylic acids is 1. The van der Waals surface area contributed by atoms with Crippen molar-refractivity contribution in [2.45, 2.75) is 63.2 Å². The molecule has 148 valence electrons. The summed E-state index contributed by atoms with van der Waals surface area (Å²) in [6.45, 7) is 6.40. The first-order valence-electron chi connectivity index (χ1n) is 9.75. The number of aromatic nitrogens is 2. The lowest BCUT2D eigenvalue weighted by atomic mass is 10.1. The molecule has 1 amide bonds. The van der Waals surface area contributed by atoms with E-state index in [0.717, 1.165) is 24.3 Å². The quantitative estimate of drug-likeness (QED) is 0.787. The van der Waals surface area contributed by atoms with Gasteiger partial charge in [-0.05, 0) is 57.6 Å². The van der Waals surface area contributed by atoms with Gasteiger partial charge >= 0.3 is 0 Å². The number of carbonyl (C=O) groups is 1. The minimum Gasteiger partial charge on any atom is -0.309 e. The highest BCUT2D eigenvalue weighted by atomic mass is 32.2. The molecule has 0 aromatic carbocycles. The van der Waals surface area contributed by atoms with Gasteiger partial charge in [0.15, 0.2) is 5.65 Å². The van der Waals surface area contributed by atoms with Crippen molar-refractivity contribution in [1.82, 2.24) is 14.1 Å². The predicted molar refractivity (Wildman–Crippen MR) is 111 cm³/mol. The molecular formula is C21H26N4O2S. The molecule has 28 heavy (non-hydrogen) atoms. The van der Waals surface area contributed by atoms with E-state index in [1.54, 1.807) is 0 Å². The number of terminal acetylenes is 1. The van der Waals surface area contributed by atoms with Gasteiger partial charge in [-0.25, -0.2) is 13.9 Å².